The molecule has 0 saturated carbocycles. The summed E-state index contributed by atoms with van der Waals surface area (Å²) in [4.78, 5) is 23.3. The molecule has 0 aromatic rings. The summed E-state index contributed by atoms with van der Waals surface area (Å²) >= 11 is -3.58. The Kier molecular flexibility index (Phi) is 5.03. The predicted molar refractivity (Wildman–Crippen MR) is 65.8 cm³/mol. The van der Waals surface area contributed by atoms with E-state index < -0.39 is 47.5 Å². The van der Waals surface area contributed by atoms with Crippen LogP contribution in [0.4, 0.5) is 0 Å². The molecule has 0 bridgehead atoms. The molecule has 0 amide bonds. The summed E-state index contributed by atoms with van der Waals surface area (Å²) in [5, 5.41) is 0. The number of hydrogen-bond acceptors (Lipinski definition) is 10. The van der Waals surface area contributed by atoms with Gasteiger partial charge in [-0.1, -0.05) is 0 Å². The Balaban J connectivity index is 2.06. The maximum absolute atomic E-state index is 11.7. The number of rotatable bonds is 3. The van der Waals surface area contributed by atoms with E-state index in [1.807, 2.05) is 0 Å². The monoisotopic (exact) mass is 328 g/mol. The molecule has 0 aromatic carbocycles. The lowest BCUT2D eigenvalue weighted by atomic mass is 10.1. The minimum atomic E-state index is -3.58. The third-order valence-electron chi connectivity index (χ3n) is 2.97. The molecule has 2 aliphatic heterocycles. The van der Waals surface area contributed by atoms with Crippen LogP contribution in [0, 0.1) is 5.92 Å². The fraction of sp³-hybridized carbons (Fsp3) is 0.800. The number of ether oxygens (including phenoxy) is 4. The molecule has 122 valence electrons. The minimum Gasteiger partial charge on any atom is -0.468 e. The van der Waals surface area contributed by atoms with E-state index in [-0.39, 0.29) is 13.2 Å². The van der Waals surface area contributed by atoms with Crippen molar-refractivity contribution in [2.45, 2.75) is 18.5 Å². The van der Waals surface area contributed by atoms with E-state index in [1.54, 1.807) is 0 Å². The van der Waals surface area contributed by atoms with Gasteiger partial charge in [0.25, 0.3) is 0 Å². The summed E-state index contributed by atoms with van der Waals surface area (Å²) < 4.78 is 47.8. The Morgan fingerprint density at radius 1 is 1.14 bits per heavy atom. The predicted octanol–water partition coefficient (Wildman–Crippen LogP) is -0.314. The molecule has 3 atom stereocenters. The molecule has 1 unspecified atom stereocenters. The van der Waals surface area contributed by atoms with Gasteiger partial charge in [-0.3, -0.25) is 27.1 Å². The highest BCUT2D eigenvalue weighted by Crippen LogP contribution is 2.47. The molecule has 2 saturated heterocycles. The van der Waals surface area contributed by atoms with Crippen molar-refractivity contribution >= 4 is 23.1 Å². The molecule has 2 heterocycles. The summed E-state index contributed by atoms with van der Waals surface area (Å²) in [5.41, 5.74) is 0. The van der Waals surface area contributed by atoms with E-state index in [1.165, 1.54) is 0 Å². The molecule has 0 spiro atoms. The second-order valence-corrected chi connectivity index (χ2v) is 5.59. The van der Waals surface area contributed by atoms with Gasteiger partial charge in [0.1, 0.15) is 12.2 Å². The molecule has 2 rings (SSSR count). The Hall–Kier alpha value is -0.950. The van der Waals surface area contributed by atoms with Crippen molar-refractivity contribution in [1.29, 1.82) is 0 Å². The Morgan fingerprint density at radius 2 is 1.76 bits per heavy atom. The number of hydrogen-bond donors (Lipinski definition) is 2. The first-order valence-corrected chi connectivity index (χ1v) is 7.31. The fourth-order valence-electron chi connectivity index (χ4n) is 1.92. The number of carbonyl (C=O) groups excluding carboxylic acids is 2. The Labute approximate surface area is 122 Å². The second kappa shape index (κ2) is 6.44. The van der Waals surface area contributed by atoms with Gasteiger partial charge >= 0.3 is 11.9 Å². The van der Waals surface area contributed by atoms with Crippen LogP contribution in [0.3, 0.4) is 0 Å². The summed E-state index contributed by atoms with van der Waals surface area (Å²) in [6.07, 6.45) is -2.74. The van der Waals surface area contributed by atoms with Gasteiger partial charge in [-0.15, -0.1) is 0 Å². The van der Waals surface area contributed by atoms with Gasteiger partial charge in [-0.2, -0.15) is 0 Å². The van der Waals surface area contributed by atoms with E-state index in [0.29, 0.717) is 0 Å². The molecular formula is C10H16O10S. The first-order valence-electron chi connectivity index (χ1n) is 5.91. The molecule has 2 fully saturated rings. The van der Waals surface area contributed by atoms with Crippen molar-refractivity contribution in [3.05, 3.63) is 0 Å². The standard InChI is InChI=1S/C10H16O10S/c1-15-8(11)7(9(12)16-2)10-17-3-6-5(19-10)4-18-21(13,14)20-6/h5-7,10,13-14H,3-4H2,1-2H3/t5-,6+,10?/m1/s1. The van der Waals surface area contributed by atoms with Gasteiger partial charge in [0.15, 0.2) is 6.29 Å². The zero-order valence-corrected chi connectivity index (χ0v) is 12.1. The van der Waals surface area contributed by atoms with E-state index in [2.05, 4.69) is 9.47 Å². The molecule has 11 heteroatoms. The van der Waals surface area contributed by atoms with Crippen molar-refractivity contribution in [3.63, 3.8) is 0 Å². The van der Waals surface area contributed by atoms with Crippen molar-refractivity contribution < 1.29 is 46.0 Å². The molecule has 10 nitrogen and oxygen atoms in total. The van der Waals surface area contributed by atoms with Gasteiger partial charge in [-0.25, -0.2) is 0 Å². The van der Waals surface area contributed by atoms with E-state index >= 15 is 0 Å². The molecule has 21 heavy (non-hydrogen) atoms. The third kappa shape index (κ3) is 3.63. The van der Waals surface area contributed by atoms with Crippen molar-refractivity contribution in [2.75, 3.05) is 27.4 Å². The molecular weight excluding hydrogens is 312 g/mol. The molecule has 0 aliphatic carbocycles. The van der Waals surface area contributed by atoms with Crippen LogP contribution in [0.5, 0.6) is 0 Å². The molecule has 0 radical (unpaired) electrons. The molecule has 2 N–H and O–H groups in total. The highest BCUT2D eigenvalue weighted by molar-refractivity contribution is 8.16. The molecule has 2 aliphatic rings. The second-order valence-electron chi connectivity index (χ2n) is 4.27. The van der Waals surface area contributed by atoms with Crippen molar-refractivity contribution in [2.24, 2.45) is 5.92 Å². The smallest absolute Gasteiger partial charge is 0.325 e. The van der Waals surface area contributed by atoms with Gasteiger partial charge in [0, 0.05) is 0 Å². The Morgan fingerprint density at radius 3 is 2.33 bits per heavy atom. The number of fused-ring (bicyclic) bond motifs is 1. The summed E-state index contributed by atoms with van der Waals surface area (Å²) in [7, 11) is 2.23. The fourth-order valence-corrected chi connectivity index (χ4v) is 2.79. The van der Waals surface area contributed by atoms with Crippen LogP contribution < -0.4 is 0 Å². The van der Waals surface area contributed by atoms with E-state index in [0.717, 1.165) is 14.2 Å². The summed E-state index contributed by atoms with van der Waals surface area (Å²) in [5.74, 6) is -3.15. The van der Waals surface area contributed by atoms with Crippen molar-refractivity contribution in [3.8, 4) is 0 Å². The SMILES string of the molecule is COC(=O)C(C(=O)OC)C1OC[C@@H]2OS(O)(O)OC[C@H]2O1. The number of carbonyl (C=O) groups is 2. The minimum absolute atomic E-state index is 0.112. The highest BCUT2D eigenvalue weighted by atomic mass is 32.3. The van der Waals surface area contributed by atoms with Crippen LogP contribution in [0.2, 0.25) is 0 Å². The largest absolute Gasteiger partial charge is 0.468 e. The zero-order valence-electron chi connectivity index (χ0n) is 11.3. The Bertz CT molecular complexity index is 397. The van der Waals surface area contributed by atoms with Gasteiger partial charge in [0.05, 0.1) is 27.4 Å². The quantitative estimate of drug-likeness (QED) is 0.525. The zero-order chi connectivity index (χ0) is 15.6. The maximum Gasteiger partial charge on any atom is 0.325 e. The highest BCUT2D eigenvalue weighted by Gasteiger charge is 2.48. The van der Waals surface area contributed by atoms with Gasteiger partial charge in [-0.05, 0) is 0 Å². The number of esters is 2. The maximum atomic E-state index is 11.7. The lowest BCUT2D eigenvalue weighted by Crippen LogP contribution is -2.54. The van der Waals surface area contributed by atoms with E-state index in [4.69, 9.17) is 17.8 Å². The first-order chi connectivity index (χ1) is 9.88. The van der Waals surface area contributed by atoms with E-state index in [9.17, 15) is 18.7 Å². The number of methoxy groups -OCH3 is 2. The van der Waals surface area contributed by atoms with Gasteiger partial charge in [0.2, 0.25) is 17.1 Å². The average Bonchev–Trinajstić information content (AvgIpc) is 2.46. The summed E-state index contributed by atoms with van der Waals surface area (Å²) in [6.45, 7) is -0.291. The third-order valence-corrected chi connectivity index (χ3v) is 3.91. The lowest BCUT2D eigenvalue weighted by Gasteiger charge is -2.44. The van der Waals surface area contributed by atoms with Gasteiger partial charge < -0.3 is 18.9 Å². The summed E-state index contributed by atoms with van der Waals surface area (Å²) in [6, 6.07) is 0. The molecule has 0 aromatic heterocycles. The van der Waals surface area contributed by atoms with Crippen LogP contribution >= 0.6 is 11.2 Å². The van der Waals surface area contributed by atoms with Crippen molar-refractivity contribution in [1.82, 2.24) is 0 Å². The normalized spacial score (nSPS) is 32.9. The van der Waals surface area contributed by atoms with Crippen LogP contribution in [-0.2, 0) is 36.9 Å². The van der Waals surface area contributed by atoms with Crippen LogP contribution in [0.25, 0.3) is 0 Å². The first kappa shape index (κ1) is 16.4. The average molecular weight is 328 g/mol. The topological polar surface area (TPSA) is 130 Å². The van der Waals surface area contributed by atoms with Crippen LogP contribution in [0.15, 0.2) is 0 Å². The lowest BCUT2D eigenvalue weighted by molar-refractivity contribution is -0.278. The van der Waals surface area contributed by atoms with Crippen LogP contribution in [0.1, 0.15) is 0 Å². The van der Waals surface area contributed by atoms with Crippen LogP contribution in [-0.4, -0.2) is 67.0 Å².